The predicted octanol–water partition coefficient (Wildman–Crippen LogP) is 1.22. The summed E-state index contributed by atoms with van der Waals surface area (Å²) in [4.78, 5) is 11.6. The predicted molar refractivity (Wildman–Crippen MR) is 66.3 cm³/mol. The lowest BCUT2D eigenvalue weighted by Crippen LogP contribution is -2.37. The van der Waals surface area contributed by atoms with Crippen LogP contribution in [0, 0.1) is 0 Å². The Hall–Kier alpha value is -1.55. The SMILES string of the molecule is CN1C(=O)CCN1c1ccccc1C1(N)CC1. The molecule has 0 unspecified atom stereocenters. The summed E-state index contributed by atoms with van der Waals surface area (Å²) in [5.41, 5.74) is 8.37. The van der Waals surface area contributed by atoms with Crippen molar-refractivity contribution in [3.8, 4) is 0 Å². The van der Waals surface area contributed by atoms with Crippen LogP contribution in [-0.2, 0) is 10.3 Å². The van der Waals surface area contributed by atoms with Crippen LogP contribution in [0.4, 0.5) is 5.69 Å². The van der Waals surface area contributed by atoms with Crippen LogP contribution in [0.15, 0.2) is 24.3 Å². The zero-order valence-electron chi connectivity index (χ0n) is 10.0. The molecule has 1 aromatic rings. The van der Waals surface area contributed by atoms with Crippen LogP contribution in [0.25, 0.3) is 0 Å². The summed E-state index contributed by atoms with van der Waals surface area (Å²) in [7, 11) is 1.82. The largest absolute Gasteiger partial charge is 0.321 e. The fourth-order valence-electron chi connectivity index (χ4n) is 2.45. The average molecular weight is 231 g/mol. The molecule has 3 rings (SSSR count). The van der Waals surface area contributed by atoms with Crippen molar-refractivity contribution >= 4 is 11.6 Å². The number of hydrogen-bond acceptors (Lipinski definition) is 3. The Labute approximate surface area is 101 Å². The van der Waals surface area contributed by atoms with Crippen molar-refractivity contribution in [1.82, 2.24) is 5.01 Å². The number of nitrogens with two attached hydrogens (primary N) is 1. The molecule has 0 radical (unpaired) electrons. The van der Waals surface area contributed by atoms with Gasteiger partial charge in [-0.2, -0.15) is 0 Å². The van der Waals surface area contributed by atoms with Gasteiger partial charge in [0.15, 0.2) is 0 Å². The molecule has 0 atom stereocenters. The molecule has 1 aromatic carbocycles. The smallest absolute Gasteiger partial charge is 0.242 e. The van der Waals surface area contributed by atoms with Gasteiger partial charge in [0.05, 0.1) is 5.69 Å². The van der Waals surface area contributed by atoms with Gasteiger partial charge >= 0.3 is 0 Å². The van der Waals surface area contributed by atoms with E-state index in [4.69, 9.17) is 5.73 Å². The Bertz CT molecular complexity index is 467. The van der Waals surface area contributed by atoms with Crippen LogP contribution >= 0.6 is 0 Å². The summed E-state index contributed by atoms with van der Waals surface area (Å²) in [6, 6.07) is 8.15. The highest BCUT2D eigenvalue weighted by molar-refractivity contribution is 5.82. The Kier molecular flexibility index (Phi) is 2.16. The lowest BCUT2D eigenvalue weighted by atomic mass is 10.0. The maximum absolute atomic E-state index is 11.6. The molecular formula is C13H17N3O. The van der Waals surface area contributed by atoms with Gasteiger partial charge in [-0.25, -0.2) is 0 Å². The van der Waals surface area contributed by atoms with Gasteiger partial charge in [0.1, 0.15) is 0 Å². The van der Waals surface area contributed by atoms with Crippen molar-refractivity contribution in [2.45, 2.75) is 24.8 Å². The molecular weight excluding hydrogens is 214 g/mol. The number of anilines is 1. The summed E-state index contributed by atoms with van der Waals surface area (Å²) in [5.74, 6) is 0.168. The Morgan fingerprint density at radius 3 is 2.59 bits per heavy atom. The average Bonchev–Trinajstić information content (AvgIpc) is 3.00. The fourth-order valence-corrected chi connectivity index (χ4v) is 2.45. The Morgan fingerprint density at radius 2 is 2.00 bits per heavy atom. The zero-order chi connectivity index (χ0) is 12.0. The van der Waals surface area contributed by atoms with Crippen molar-refractivity contribution in [3.05, 3.63) is 29.8 Å². The highest BCUT2D eigenvalue weighted by Gasteiger charge is 2.43. The third-order valence-corrected chi connectivity index (χ3v) is 3.77. The molecule has 2 fully saturated rings. The second-order valence-electron chi connectivity index (χ2n) is 4.96. The van der Waals surface area contributed by atoms with E-state index >= 15 is 0 Å². The molecule has 1 saturated carbocycles. The number of para-hydroxylation sites is 1. The van der Waals surface area contributed by atoms with Crippen molar-refractivity contribution < 1.29 is 4.79 Å². The van der Waals surface area contributed by atoms with Gasteiger partial charge in [-0.3, -0.25) is 14.8 Å². The van der Waals surface area contributed by atoms with Gasteiger partial charge in [-0.05, 0) is 24.5 Å². The summed E-state index contributed by atoms with van der Waals surface area (Å²) in [6.45, 7) is 0.752. The van der Waals surface area contributed by atoms with Crippen LogP contribution in [0.3, 0.4) is 0 Å². The van der Waals surface area contributed by atoms with Gasteiger partial charge in [-0.15, -0.1) is 0 Å². The van der Waals surface area contributed by atoms with Gasteiger partial charge < -0.3 is 5.73 Å². The van der Waals surface area contributed by atoms with Crippen LogP contribution in [0.5, 0.6) is 0 Å². The van der Waals surface area contributed by atoms with Crippen molar-refractivity contribution in [2.24, 2.45) is 5.73 Å². The minimum Gasteiger partial charge on any atom is -0.321 e. The molecule has 1 amide bonds. The summed E-state index contributed by atoms with van der Waals surface area (Å²) >= 11 is 0. The maximum atomic E-state index is 11.6. The first-order valence-electron chi connectivity index (χ1n) is 6.04. The fraction of sp³-hybridized carbons (Fsp3) is 0.462. The van der Waals surface area contributed by atoms with E-state index in [-0.39, 0.29) is 11.4 Å². The Morgan fingerprint density at radius 1 is 1.29 bits per heavy atom. The third kappa shape index (κ3) is 1.60. The molecule has 0 spiro atoms. The third-order valence-electron chi connectivity index (χ3n) is 3.77. The quantitative estimate of drug-likeness (QED) is 0.832. The standard InChI is InChI=1S/C13H17N3O/c1-15-12(17)6-9-16(15)11-5-3-2-4-10(11)13(14)7-8-13/h2-5H,6-9,14H2,1H3. The van der Waals surface area contributed by atoms with E-state index in [0.29, 0.717) is 6.42 Å². The van der Waals surface area contributed by atoms with Crippen molar-refractivity contribution in [3.63, 3.8) is 0 Å². The Balaban J connectivity index is 2.00. The molecule has 0 bridgehead atoms. The summed E-state index contributed by atoms with van der Waals surface area (Å²) < 4.78 is 0. The molecule has 17 heavy (non-hydrogen) atoms. The minimum absolute atomic E-state index is 0.164. The van der Waals surface area contributed by atoms with Crippen LogP contribution in [0.2, 0.25) is 0 Å². The minimum atomic E-state index is -0.164. The van der Waals surface area contributed by atoms with Crippen LogP contribution in [-0.4, -0.2) is 24.5 Å². The molecule has 1 heterocycles. The zero-order valence-corrected chi connectivity index (χ0v) is 10.0. The lowest BCUT2D eigenvalue weighted by Gasteiger charge is -2.29. The molecule has 4 nitrogen and oxygen atoms in total. The van der Waals surface area contributed by atoms with Crippen molar-refractivity contribution in [2.75, 3.05) is 18.6 Å². The highest BCUT2D eigenvalue weighted by atomic mass is 16.2. The van der Waals surface area contributed by atoms with E-state index in [9.17, 15) is 4.79 Å². The molecule has 2 aliphatic rings. The molecule has 1 saturated heterocycles. The first-order chi connectivity index (χ1) is 8.12. The second kappa shape index (κ2) is 3.47. The van der Waals surface area contributed by atoms with E-state index in [2.05, 4.69) is 12.1 Å². The molecule has 1 aliphatic heterocycles. The molecule has 4 heteroatoms. The molecule has 1 aliphatic carbocycles. The van der Waals surface area contributed by atoms with Gasteiger partial charge in [-0.1, -0.05) is 18.2 Å². The topological polar surface area (TPSA) is 49.6 Å². The number of carbonyl (C=O) groups is 1. The monoisotopic (exact) mass is 231 g/mol. The normalized spacial score (nSPS) is 22.1. The van der Waals surface area contributed by atoms with Gasteiger partial charge in [0.2, 0.25) is 5.91 Å². The van der Waals surface area contributed by atoms with Crippen molar-refractivity contribution in [1.29, 1.82) is 0 Å². The van der Waals surface area contributed by atoms with Crippen LogP contribution in [0.1, 0.15) is 24.8 Å². The van der Waals surface area contributed by atoms with Gasteiger partial charge in [0, 0.05) is 25.6 Å². The number of amides is 1. The van der Waals surface area contributed by atoms with Gasteiger partial charge in [0.25, 0.3) is 0 Å². The summed E-state index contributed by atoms with van der Waals surface area (Å²) in [6.07, 6.45) is 2.66. The number of carbonyl (C=O) groups excluding carboxylic acids is 1. The van der Waals surface area contributed by atoms with Crippen LogP contribution < -0.4 is 10.7 Å². The first kappa shape index (κ1) is 10.6. The van der Waals surface area contributed by atoms with E-state index < -0.39 is 0 Å². The number of hydrogen-bond donors (Lipinski definition) is 1. The van der Waals surface area contributed by atoms with E-state index in [1.807, 2.05) is 24.2 Å². The van der Waals surface area contributed by atoms with E-state index in [0.717, 1.165) is 25.1 Å². The number of rotatable bonds is 2. The maximum Gasteiger partial charge on any atom is 0.242 e. The first-order valence-corrected chi connectivity index (χ1v) is 6.04. The number of hydrazine groups is 1. The molecule has 2 N–H and O–H groups in total. The molecule has 90 valence electrons. The molecule has 0 aromatic heterocycles. The summed E-state index contributed by atoms with van der Waals surface area (Å²) in [5, 5.41) is 3.73. The number of nitrogens with zero attached hydrogens (tertiary/aromatic N) is 2. The highest BCUT2D eigenvalue weighted by Crippen LogP contribution is 2.46. The van der Waals surface area contributed by atoms with E-state index in [1.54, 1.807) is 5.01 Å². The lowest BCUT2D eigenvalue weighted by molar-refractivity contribution is -0.126. The number of benzene rings is 1. The van der Waals surface area contributed by atoms with E-state index in [1.165, 1.54) is 5.56 Å². The second-order valence-corrected chi connectivity index (χ2v) is 4.96.